The second kappa shape index (κ2) is 6.72. The van der Waals surface area contributed by atoms with Gasteiger partial charge in [0, 0.05) is 17.5 Å². The smallest absolute Gasteiger partial charge is 0.277 e. The molecule has 3 aromatic heterocycles. The molecule has 0 spiro atoms. The maximum absolute atomic E-state index is 12.7. The molecule has 0 saturated carbocycles. The van der Waals surface area contributed by atoms with E-state index in [1.54, 1.807) is 27.0 Å². The number of aryl methyl sites for hydroxylation is 1. The molecule has 0 aliphatic carbocycles. The number of thioether (sulfide) groups is 1. The highest BCUT2D eigenvalue weighted by atomic mass is 32.2. The van der Waals surface area contributed by atoms with Gasteiger partial charge in [-0.15, -0.1) is 10.2 Å². The fourth-order valence-electron chi connectivity index (χ4n) is 2.76. The Balaban J connectivity index is 1.78. The molecule has 0 bridgehead atoms. The Morgan fingerprint density at radius 1 is 1.28 bits per heavy atom. The summed E-state index contributed by atoms with van der Waals surface area (Å²) >= 11 is 1.19. The van der Waals surface area contributed by atoms with Gasteiger partial charge in [-0.05, 0) is 45.4 Å². The first-order valence-corrected chi connectivity index (χ1v) is 8.64. The van der Waals surface area contributed by atoms with Crippen molar-refractivity contribution in [1.29, 1.82) is 0 Å². The maximum atomic E-state index is 12.7. The molecule has 8 heteroatoms. The number of aromatic nitrogens is 4. The van der Waals surface area contributed by atoms with Crippen LogP contribution in [0.1, 0.15) is 46.0 Å². The van der Waals surface area contributed by atoms with Crippen molar-refractivity contribution in [3.05, 3.63) is 40.8 Å². The third kappa shape index (κ3) is 3.30. The number of ketones is 2. The summed E-state index contributed by atoms with van der Waals surface area (Å²) in [7, 11) is 0. The molecule has 2 N–H and O–H groups in total. The Hall–Kier alpha value is -2.61. The second-order valence-corrected chi connectivity index (χ2v) is 7.05. The summed E-state index contributed by atoms with van der Waals surface area (Å²) < 4.78 is 5.58. The van der Waals surface area contributed by atoms with Crippen LogP contribution in [0.25, 0.3) is 11.6 Å². The van der Waals surface area contributed by atoms with Crippen molar-refractivity contribution in [3.63, 3.8) is 0 Å². The van der Waals surface area contributed by atoms with Crippen LogP contribution >= 0.6 is 11.8 Å². The first-order chi connectivity index (χ1) is 11.9. The summed E-state index contributed by atoms with van der Waals surface area (Å²) in [6, 6.07) is 3.66. The van der Waals surface area contributed by atoms with Crippen LogP contribution in [0.3, 0.4) is 0 Å². The van der Waals surface area contributed by atoms with Crippen LogP contribution in [0.2, 0.25) is 0 Å². The van der Waals surface area contributed by atoms with Crippen molar-refractivity contribution < 1.29 is 14.0 Å². The number of aromatic amines is 2. The number of rotatable bonds is 6. The zero-order valence-corrected chi connectivity index (χ0v) is 15.2. The number of carbonyl (C=O) groups is 2. The first kappa shape index (κ1) is 17.2. The van der Waals surface area contributed by atoms with Gasteiger partial charge in [-0.1, -0.05) is 11.8 Å². The van der Waals surface area contributed by atoms with Gasteiger partial charge in [-0.25, -0.2) is 0 Å². The molecular weight excluding hydrogens is 340 g/mol. The highest BCUT2D eigenvalue weighted by Gasteiger charge is 2.25. The number of nitrogens with one attached hydrogen (secondary N) is 2. The van der Waals surface area contributed by atoms with Crippen LogP contribution < -0.4 is 0 Å². The molecule has 0 aromatic carbocycles. The highest BCUT2D eigenvalue weighted by Crippen LogP contribution is 2.28. The molecular formula is C17H18N4O3S. The van der Waals surface area contributed by atoms with Crippen LogP contribution in [0.15, 0.2) is 28.0 Å². The summed E-state index contributed by atoms with van der Waals surface area (Å²) in [5.41, 5.74) is 3.14. The molecule has 0 unspecified atom stereocenters. The van der Waals surface area contributed by atoms with Crippen molar-refractivity contribution >= 4 is 23.3 Å². The summed E-state index contributed by atoms with van der Waals surface area (Å²) in [5.74, 6) is 0.203. The Morgan fingerprint density at radius 2 is 2.04 bits per heavy atom. The van der Waals surface area contributed by atoms with Gasteiger partial charge in [-0.3, -0.25) is 9.59 Å². The molecule has 0 aliphatic heterocycles. The van der Waals surface area contributed by atoms with E-state index in [-0.39, 0.29) is 11.6 Å². The van der Waals surface area contributed by atoms with E-state index < -0.39 is 5.25 Å². The summed E-state index contributed by atoms with van der Waals surface area (Å²) in [5, 5.41) is 7.82. The van der Waals surface area contributed by atoms with Crippen molar-refractivity contribution in [2.45, 2.75) is 38.2 Å². The summed E-state index contributed by atoms with van der Waals surface area (Å²) in [4.78, 5) is 30.5. The van der Waals surface area contributed by atoms with E-state index in [1.807, 2.05) is 12.1 Å². The standard InChI is InChI=1S/C17H18N4O3S/c1-8-13(10(3)22)9(2)19-14(8)15(23)11(4)25-17-21-20-16(24-17)12-6-5-7-18-12/h5-7,11,18-19H,1-4H3/t11-/m0/s1. The normalized spacial score (nSPS) is 12.3. The summed E-state index contributed by atoms with van der Waals surface area (Å²) in [6.07, 6.45) is 1.77. The van der Waals surface area contributed by atoms with E-state index in [0.29, 0.717) is 33.6 Å². The fourth-order valence-corrected chi connectivity index (χ4v) is 3.50. The average Bonchev–Trinajstić information content (AvgIpc) is 3.26. The molecule has 0 saturated heterocycles. The zero-order chi connectivity index (χ0) is 18.1. The predicted octanol–water partition coefficient (Wildman–Crippen LogP) is 3.58. The highest BCUT2D eigenvalue weighted by molar-refractivity contribution is 8.00. The molecule has 0 fully saturated rings. The van der Waals surface area contributed by atoms with E-state index in [9.17, 15) is 9.59 Å². The lowest BCUT2D eigenvalue weighted by Gasteiger charge is -2.07. The molecule has 0 amide bonds. The first-order valence-electron chi connectivity index (χ1n) is 7.76. The van der Waals surface area contributed by atoms with Crippen molar-refractivity contribution in [1.82, 2.24) is 20.2 Å². The maximum Gasteiger partial charge on any atom is 0.277 e. The molecule has 0 radical (unpaired) electrons. The third-order valence-electron chi connectivity index (χ3n) is 3.92. The van der Waals surface area contributed by atoms with Crippen LogP contribution in [0, 0.1) is 13.8 Å². The zero-order valence-electron chi connectivity index (χ0n) is 14.3. The number of hydrogen-bond acceptors (Lipinski definition) is 6. The van der Waals surface area contributed by atoms with Gasteiger partial charge in [-0.2, -0.15) is 0 Å². The fraction of sp³-hybridized carbons (Fsp3) is 0.294. The van der Waals surface area contributed by atoms with E-state index >= 15 is 0 Å². The molecule has 3 aromatic rings. The number of hydrogen-bond donors (Lipinski definition) is 2. The Labute approximate surface area is 148 Å². The van der Waals surface area contributed by atoms with Gasteiger partial charge in [0.05, 0.1) is 10.9 Å². The van der Waals surface area contributed by atoms with Crippen molar-refractivity contribution in [3.8, 4) is 11.6 Å². The van der Waals surface area contributed by atoms with Crippen molar-refractivity contribution in [2.24, 2.45) is 0 Å². The average molecular weight is 358 g/mol. The Morgan fingerprint density at radius 3 is 2.64 bits per heavy atom. The predicted molar refractivity (Wildman–Crippen MR) is 94.0 cm³/mol. The molecule has 3 rings (SSSR count). The third-order valence-corrected chi connectivity index (χ3v) is 4.85. The lowest BCUT2D eigenvalue weighted by atomic mass is 10.0. The van der Waals surface area contributed by atoms with Gasteiger partial charge in [0.25, 0.3) is 11.1 Å². The minimum Gasteiger partial charge on any atom is -0.410 e. The lowest BCUT2D eigenvalue weighted by Crippen LogP contribution is -2.15. The van der Waals surface area contributed by atoms with Gasteiger partial charge >= 0.3 is 0 Å². The number of Topliss-reactive ketones (excluding diaryl/α,β-unsaturated/α-hetero) is 2. The van der Waals surface area contributed by atoms with Gasteiger partial charge < -0.3 is 14.4 Å². The van der Waals surface area contributed by atoms with Crippen LogP contribution in [-0.2, 0) is 0 Å². The minimum atomic E-state index is -0.437. The van der Waals surface area contributed by atoms with Crippen molar-refractivity contribution in [2.75, 3.05) is 0 Å². The number of carbonyl (C=O) groups excluding carboxylic acids is 2. The molecule has 1 atom stereocenters. The van der Waals surface area contributed by atoms with Crippen LogP contribution in [-0.4, -0.2) is 37.0 Å². The molecule has 25 heavy (non-hydrogen) atoms. The van der Waals surface area contributed by atoms with E-state index in [4.69, 9.17) is 4.42 Å². The van der Waals surface area contributed by atoms with Gasteiger partial charge in [0.2, 0.25) is 0 Å². The second-order valence-electron chi connectivity index (χ2n) is 5.76. The van der Waals surface area contributed by atoms with Crippen LogP contribution in [0.5, 0.6) is 0 Å². The van der Waals surface area contributed by atoms with Crippen LogP contribution in [0.4, 0.5) is 0 Å². The molecule has 0 aliphatic rings. The van der Waals surface area contributed by atoms with Gasteiger partial charge in [0.15, 0.2) is 11.6 Å². The number of nitrogens with zero attached hydrogens (tertiary/aromatic N) is 2. The number of H-pyrrole nitrogens is 2. The quantitative estimate of drug-likeness (QED) is 0.515. The lowest BCUT2D eigenvalue weighted by molar-refractivity contribution is 0.0988. The SMILES string of the molecule is CC(=O)c1c(C)[nH]c(C(=O)[C@H](C)Sc2nnc(-c3ccc[nH]3)o2)c1C. The minimum absolute atomic E-state index is 0.0573. The molecule has 7 nitrogen and oxygen atoms in total. The molecule has 130 valence electrons. The Kier molecular flexibility index (Phi) is 4.63. The van der Waals surface area contributed by atoms with Gasteiger partial charge in [0.1, 0.15) is 5.69 Å². The van der Waals surface area contributed by atoms with E-state index in [0.717, 1.165) is 5.69 Å². The van der Waals surface area contributed by atoms with E-state index in [1.165, 1.54) is 18.7 Å². The summed E-state index contributed by atoms with van der Waals surface area (Å²) in [6.45, 7) is 6.84. The largest absolute Gasteiger partial charge is 0.410 e. The molecule has 3 heterocycles. The Bertz CT molecular complexity index is 924. The topological polar surface area (TPSA) is 105 Å². The monoisotopic (exact) mass is 358 g/mol. The van der Waals surface area contributed by atoms with E-state index in [2.05, 4.69) is 20.2 Å².